The van der Waals surface area contributed by atoms with Gasteiger partial charge in [0, 0.05) is 25.2 Å². The van der Waals surface area contributed by atoms with Gasteiger partial charge in [0.2, 0.25) is 17.6 Å². The van der Waals surface area contributed by atoms with E-state index in [0.717, 1.165) is 36.8 Å². The van der Waals surface area contributed by atoms with Crippen LogP contribution in [0, 0.1) is 17.8 Å². The highest BCUT2D eigenvalue weighted by Crippen LogP contribution is 2.38. The van der Waals surface area contributed by atoms with E-state index in [9.17, 15) is 9.90 Å². The third-order valence-corrected chi connectivity index (χ3v) is 8.62. The van der Waals surface area contributed by atoms with Crippen molar-refractivity contribution in [3.05, 3.63) is 10.6 Å². The lowest BCUT2D eigenvalue weighted by molar-refractivity contribution is 0.265. The van der Waals surface area contributed by atoms with Crippen molar-refractivity contribution in [2.45, 2.75) is 90.3 Å². The van der Waals surface area contributed by atoms with E-state index in [0.29, 0.717) is 35.9 Å². The Hall–Kier alpha value is -2.95. The van der Waals surface area contributed by atoms with Crippen molar-refractivity contribution >= 4 is 22.9 Å². The summed E-state index contributed by atoms with van der Waals surface area (Å²) in [6.45, 7) is 6.01. The molecule has 3 heterocycles. The van der Waals surface area contributed by atoms with Gasteiger partial charge in [-0.3, -0.25) is 9.51 Å². The second kappa shape index (κ2) is 10.1. The fourth-order valence-electron chi connectivity index (χ4n) is 5.93. The predicted octanol–water partition coefficient (Wildman–Crippen LogP) is 3.56. The molecule has 0 aliphatic heterocycles. The molecule has 0 aromatic carbocycles. The van der Waals surface area contributed by atoms with E-state index in [1.807, 2.05) is 0 Å². The maximum atomic E-state index is 11.7. The number of hydrogen-bond donors (Lipinski definition) is 3. The van der Waals surface area contributed by atoms with Crippen LogP contribution in [0.25, 0.3) is 22.8 Å². The number of aromatic nitrogens is 6. The number of H-pyrrole nitrogens is 1. The minimum Gasteiger partial charge on any atom is -0.395 e. The minimum absolute atomic E-state index is 0.0710. The molecule has 3 aliphatic rings. The van der Waals surface area contributed by atoms with Gasteiger partial charge in [-0.15, -0.1) is 0 Å². The van der Waals surface area contributed by atoms with Crippen LogP contribution in [0.5, 0.6) is 0 Å². The van der Waals surface area contributed by atoms with Crippen LogP contribution in [0.3, 0.4) is 0 Å². The molecule has 3 fully saturated rings. The Bertz CT molecular complexity index is 1280. The standard InChI is InChI=1S/C26H38N8O3/c1-15-6-8-17(9-7-15)14-34-20-21(27-16(2)18-4-3-5-18)28-23(24-31-26(36)37-32-24)29-22(20)30-25(34)33(12-13-35)19-10-11-19/h15-19,35H,3-14H2,1-2H3,(H,27,28,29)(H,31,32,36)/t15-,16-,17-/m1/s1. The highest BCUT2D eigenvalue weighted by atomic mass is 16.5. The van der Waals surface area contributed by atoms with Crippen LogP contribution >= 0.6 is 0 Å². The Morgan fingerprint density at radius 2 is 1.92 bits per heavy atom. The van der Waals surface area contributed by atoms with Crippen molar-refractivity contribution in [2.24, 2.45) is 17.8 Å². The highest BCUT2D eigenvalue weighted by molar-refractivity contribution is 5.87. The van der Waals surface area contributed by atoms with Gasteiger partial charge in [0.1, 0.15) is 5.52 Å². The van der Waals surface area contributed by atoms with Gasteiger partial charge >= 0.3 is 5.76 Å². The van der Waals surface area contributed by atoms with Gasteiger partial charge in [0.05, 0.1) is 6.61 Å². The van der Waals surface area contributed by atoms with E-state index < -0.39 is 5.76 Å². The summed E-state index contributed by atoms with van der Waals surface area (Å²) in [6.07, 6.45) is 10.8. The lowest BCUT2D eigenvalue weighted by Crippen LogP contribution is -2.33. The predicted molar refractivity (Wildman–Crippen MR) is 140 cm³/mol. The number of imidazole rings is 1. The molecule has 0 spiro atoms. The summed E-state index contributed by atoms with van der Waals surface area (Å²) in [5, 5.41) is 17.4. The van der Waals surface area contributed by atoms with Crippen LogP contribution in [0.15, 0.2) is 9.32 Å². The van der Waals surface area contributed by atoms with Gasteiger partial charge in [0.15, 0.2) is 11.5 Å². The van der Waals surface area contributed by atoms with E-state index in [-0.39, 0.29) is 24.3 Å². The van der Waals surface area contributed by atoms with E-state index >= 15 is 0 Å². The number of nitrogens with zero attached hydrogens (tertiary/aromatic N) is 6. The Kier molecular flexibility index (Phi) is 6.64. The molecule has 1 atom stereocenters. The molecular formula is C26H38N8O3. The maximum Gasteiger partial charge on any atom is 0.439 e. The average molecular weight is 511 g/mol. The summed E-state index contributed by atoms with van der Waals surface area (Å²) in [5.74, 6) is 3.35. The average Bonchev–Trinajstić information content (AvgIpc) is 3.49. The van der Waals surface area contributed by atoms with Gasteiger partial charge in [-0.05, 0) is 63.2 Å². The first-order valence-corrected chi connectivity index (χ1v) is 14.0. The second-order valence-electron chi connectivity index (χ2n) is 11.4. The number of hydrogen-bond acceptors (Lipinski definition) is 9. The van der Waals surface area contributed by atoms with Crippen LogP contribution < -0.4 is 16.0 Å². The second-order valence-corrected chi connectivity index (χ2v) is 11.4. The van der Waals surface area contributed by atoms with Crippen molar-refractivity contribution in [3.63, 3.8) is 0 Å². The zero-order chi connectivity index (χ0) is 25.5. The van der Waals surface area contributed by atoms with Crippen LogP contribution in [0.4, 0.5) is 11.8 Å². The van der Waals surface area contributed by atoms with Crippen LogP contribution in [0.1, 0.15) is 71.6 Å². The molecule has 3 aliphatic carbocycles. The molecular weight excluding hydrogens is 472 g/mol. The third-order valence-electron chi connectivity index (χ3n) is 8.62. The number of rotatable bonds is 10. The summed E-state index contributed by atoms with van der Waals surface area (Å²) in [6, 6.07) is 0.633. The summed E-state index contributed by atoms with van der Waals surface area (Å²) in [5.41, 5.74) is 1.46. The van der Waals surface area contributed by atoms with Crippen LogP contribution in [-0.2, 0) is 6.54 Å². The van der Waals surface area contributed by atoms with Crippen molar-refractivity contribution in [1.29, 1.82) is 0 Å². The summed E-state index contributed by atoms with van der Waals surface area (Å²) >= 11 is 0. The van der Waals surface area contributed by atoms with Crippen molar-refractivity contribution in [3.8, 4) is 11.6 Å². The molecule has 200 valence electrons. The van der Waals surface area contributed by atoms with E-state index in [2.05, 4.69) is 38.8 Å². The molecule has 3 aromatic heterocycles. The first-order chi connectivity index (χ1) is 18.0. The smallest absolute Gasteiger partial charge is 0.395 e. The van der Waals surface area contributed by atoms with Gasteiger partial charge in [-0.1, -0.05) is 31.3 Å². The molecule has 3 aromatic rings. The highest BCUT2D eigenvalue weighted by Gasteiger charge is 2.35. The molecule has 0 radical (unpaired) electrons. The van der Waals surface area contributed by atoms with Gasteiger partial charge < -0.3 is 19.9 Å². The summed E-state index contributed by atoms with van der Waals surface area (Å²) in [4.78, 5) is 31.2. The van der Waals surface area contributed by atoms with E-state index in [4.69, 9.17) is 19.5 Å². The number of aliphatic hydroxyl groups excluding tert-OH is 1. The molecule has 11 heteroatoms. The molecule has 3 saturated carbocycles. The van der Waals surface area contributed by atoms with Gasteiger partial charge in [-0.25, -0.2) is 14.8 Å². The molecule has 0 bridgehead atoms. The zero-order valence-corrected chi connectivity index (χ0v) is 21.8. The Balaban J connectivity index is 1.48. The number of nitrogens with one attached hydrogen (secondary N) is 2. The molecule has 0 unspecified atom stereocenters. The molecule has 37 heavy (non-hydrogen) atoms. The van der Waals surface area contributed by atoms with Crippen LogP contribution in [0.2, 0.25) is 0 Å². The van der Waals surface area contributed by atoms with Crippen molar-refractivity contribution in [2.75, 3.05) is 23.4 Å². The molecule has 0 saturated heterocycles. The number of aromatic amines is 1. The number of aliphatic hydroxyl groups is 1. The summed E-state index contributed by atoms with van der Waals surface area (Å²) < 4.78 is 7.04. The largest absolute Gasteiger partial charge is 0.439 e. The van der Waals surface area contributed by atoms with Crippen molar-refractivity contribution in [1.82, 2.24) is 29.7 Å². The maximum absolute atomic E-state index is 11.7. The van der Waals surface area contributed by atoms with Crippen LogP contribution in [-0.4, -0.2) is 60.0 Å². The normalized spacial score (nSPS) is 23.2. The fourth-order valence-corrected chi connectivity index (χ4v) is 5.93. The monoisotopic (exact) mass is 510 g/mol. The first-order valence-electron chi connectivity index (χ1n) is 14.0. The summed E-state index contributed by atoms with van der Waals surface area (Å²) in [7, 11) is 0. The minimum atomic E-state index is -0.642. The third kappa shape index (κ3) is 4.97. The molecule has 0 amide bonds. The number of anilines is 2. The zero-order valence-electron chi connectivity index (χ0n) is 21.8. The Morgan fingerprint density at radius 1 is 1.14 bits per heavy atom. The molecule has 11 nitrogen and oxygen atoms in total. The Labute approximate surface area is 216 Å². The van der Waals surface area contributed by atoms with Gasteiger partial charge in [-0.2, -0.15) is 4.98 Å². The van der Waals surface area contributed by atoms with Crippen molar-refractivity contribution < 1.29 is 9.63 Å². The lowest BCUT2D eigenvalue weighted by Gasteiger charge is -2.32. The number of fused-ring (bicyclic) bond motifs is 1. The van der Waals surface area contributed by atoms with E-state index in [1.54, 1.807) is 0 Å². The molecule has 6 rings (SSSR count). The topological polar surface area (TPSA) is 138 Å². The van der Waals surface area contributed by atoms with E-state index in [1.165, 1.54) is 44.9 Å². The lowest BCUT2D eigenvalue weighted by atomic mass is 9.80. The quantitative estimate of drug-likeness (QED) is 0.374. The first kappa shape index (κ1) is 24.4. The SMILES string of the molecule is C[C@@H](Nc1nc(-c2noc(=O)[nH]2)nc2nc(N(CCO)C3CC3)n(C[C@H]3CC[C@H](C)CC3)c12)C1CCC1. The Morgan fingerprint density at radius 3 is 2.54 bits per heavy atom. The molecule has 3 N–H and O–H groups in total. The van der Waals surface area contributed by atoms with Gasteiger partial charge in [0.25, 0.3) is 0 Å². The fraction of sp³-hybridized carbons (Fsp3) is 0.731.